The molecule has 4 rings (SSSR count). The molecule has 0 spiro atoms. The number of alkyl carbamates (subject to hydrolysis) is 1. The van der Waals surface area contributed by atoms with Crippen molar-refractivity contribution in [2.45, 2.75) is 38.1 Å². The summed E-state index contributed by atoms with van der Waals surface area (Å²) in [6, 6.07) is 38.0. The summed E-state index contributed by atoms with van der Waals surface area (Å²) in [4.78, 5) is 25.9. The Hall–Kier alpha value is -4.42. The van der Waals surface area contributed by atoms with Crippen molar-refractivity contribution in [3.05, 3.63) is 144 Å². The fourth-order valence-electron chi connectivity index (χ4n) is 4.21. The van der Waals surface area contributed by atoms with Crippen molar-refractivity contribution in [3.8, 4) is 0 Å². The Morgan fingerprint density at radius 3 is 1.51 bits per heavy atom. The highest BCUT2D eigenvalue weighted by molar-refractivity contribution is 5.76. The van der Waals surface area contributed by atoms with E-state index in [0.29, 0.717) is 19.4 Å². The van der Waals surface area contributed by atoms with E-state index in [-0.39, 0.29) is 25.2 Å². The molecule has 0 radical (unpaired) electrons. The molecular weight excluding hydrogens is 488 g/mol. The van der Waals surface area contributed by atoms with Gasteiger partial charge in [-0.2, -0.15) is 0 Å². The van der Waals surface area contributed by atoms with Gasteiger partial charge in [-0.1, -0.05) is 121 Å². The second-order valence-electron chi connectivity index (χ2n) is 9.34. The number of benzene rings is 4. The maximum atomic E-state index is 13.2. The lowest BCUT2D eigenvalue weighted by atomic mass is 10.0. The maximum Gasteiger partial charge on any atom is 0.407 e. The van der Waals surface area contributed by atoms with Crippen molar-refractivity contribution in [2.75, 3.05) is 6.54 Å². The number of ether oxygens (including phenoxy) is 2. The summed E-state index contributed by atoms with van der Waals surface area (Å²) in [5, 5.41) is 6.33. The van der Waals surface area contributed by atoms with Crippen LogP contribution in [0.15, 0.2) is 121 Å². The van der Waals surface area contributed by atoms with Crippen LogP contribution < -0.4 is 10.6 Å². The number of nitrogens with one attached hydrogen (secondary N) is 2. The van der Waals surface area contributed by atoms with Gasteiger partial charge in [0.1, 0.15) is 19.3 Å². The molecule has 6 heteroatoms. The second-order valence-corrected chi connectivity index (χ2v) is 9.34. The lowest BCUT2D eigenvalue weighted by Gasteiger charge is -2.23. The first-order chi connectivity index (χ1) is 19.2. The zero-order chi connectivity index (χ0) is 27.1. The maximum absolute atomic E-state index is 13.2. The minimum absolute atomic E-state index is 0.181. The van der Waals surface area contributed by atoms with Crippen molar-refractivity contribution in [1.82, 2.24) is 10.6 Å². The highest BCUT2D eigenvalue weighted by Gasteiger charge is 2.23. The minimum atomic E-state index is -0.587. The smallest absolute Gasteiger partial charge is 0.407 e. The van der Waals surface area contributed by atoms with Crippen LogP contribution in [-0.2, 0) is 40.3 Å². The van der Waals surface area contributed by atoms with Gasteiger partial charge in [0.25, 0.3) is 0 Å². The van der Waals surface area contributed by atoms with Gasteiger partial charge < -0.3 is 20.1 Å². The van der Waals surface area contributed by atoms with Crippen molar-refractivity contribution < 1.29 is 19.1 Å². The van der Waals surface area contributed by atoms with Crippen LogP contribution in [0.3, 0.4) is 0 Å². The average Bonchev–Trinajstić information content (AvgIpc) is 2.99. The minimum Gasteiger partial charge on any atom is -0.460 e. The van der Waals surface area contributed by atoms with E-state index in [1.807, 2.05) is 121 Å². The van der Waals surface area contributed by atoms with Gasteiger partial charge in [-0.15, -0.1) is 0 Å². The first-order valence-electron chi connectivity index (χ1n) is 13.1. The zero-order valence-electron chi connectivity index (χ0n) is 21.9. The van der Waals surface area contributed by atoms with E-state index in [0.717, 1.165) is 22.3 Å². The van der Waals surface area contributed by atoms with Gasteiger partial charge in [0.05, 0.1) is 0 Å². The molecule has 0 bridgehead atoms. The van der Waals surface area contributed by atoms with E-state index in [1.54, 1.807) is 0 Å². The molecule has 0 aliphatic heterocycles. The summed E-state index contributed by atoms with van der Waals surface area (Å²) >= 11 is 0. The van der Waals surface area contributed by atoms with Gasteiger partial charge in [0, 0.05) is 12.6 Å². The molecule has 200 valence electrons. The monoisotopic (exact) mass is 522 g/mol. The number of esters is 1. The number of rotatable bonds is 13. The van der Waals surface area contributed by atoms with Gasteiger partial charge in [0.15, 0.2) is 0 Å². The molecule has 0 unspecified atom stereocenters. The molecule has 2 atom stereocenters. The number of hydrogen-bond donors (Lipinski definition) is 2. The van der Waals surface area contributed by atoms with Crippen LogP contribution in [0.1, 0.15) is 22.3 Å². The highest BCUT2D eigenvalue weighted by atomic mass is 16.5. The summed E-state index contributed by atoms with van der Waals surface area (Å²) in [5.41, 5.74) is 3.92. The van der Waals surface area contributed by atoms with E-state index in [2.05, 4.69) is 10.6 Å². The number of carbonyl (C=O) groups excluding carboxylic acids is 2. The Morgan fingerprint density at radius 2 is 1.00 bits per heavy atom. The van der Waals surface area contributed by atoms with Crippen LogP contribution in [0, 0.1) is 0 Å². The van der Waals surface area contributed by atoms with Gasteiger partial charge in [-0.3, -0.25) is 4.79 Å². The summed E-state index contributed by atoms with van der Waals surface area (Å²) < 4.78 is 11.1. The Bertz CT molecular complexity index is 1270. The molecule has 0 aliphatic rings. The molecule has 4 aromatic rings. The molecule has 0 heterocycles. The number of carbonyl (C=O) groups is 2. The molecule has 0 fully saturated rings. The summed E-state index contributed by atoms with van der Waals surface area (Å²) in [5.74, 6) is -0.340. The van der Waals surface area contributed by atoms with E-state index in [1.165, 1.54) is 0 Å². The lowest BCUT2D eigenvalue weighted by Crippen LogP contribution is -2.49. The Balaban J connectivity index is 1.41. The van der Waals surface area contributed by atoms with Gasteiger partial charge in [0.2, 0.25) is 0 Å². The molecule has 0 aromatic heterocycles. The van der Waals surface area contributed by atoms with Gasteiger partial charge in [-0.25, -0.2) is 4.79 Å². The topological polar surface area (TPSA) is 76.7 Å². The van der Waals surface area contributed by atoms with Crippen LogP contribution in [0.5, 0.6) is 0 Å². The van der Waals surface area contributed by atoms with Crippen LogP contribution in [0.4, 0.5) is 4.79 Å². The van der Waals surface area contributed by atoms with Crippen LogP contribution in [0.25, 0.3) is 0 Å². The fourth-order valence-corrected chi connectivity index (χ4v) is 4.21. The number of amides is 1. The second kappa shape index (κ2) is 15.1. The van der Waals surface area contributed by atoms with Crippen molar-refractivity contribution in [3.63, 3.8) is 0 Å². The van der Waals surface area contributed by atoms with Crippen LogP contribution >= 0.6 is 0 Å². The SMILES string of the molecule is O=C(N[C@H](CN[C@@H](Cc1ccccc1)C(=O)OCc1ccccc1)Cc1ccccc1)OCc1ccccc1. The normalized spacial score (nSPS) is 12.2. The summed E-state index contributed by atoms with van der Waals surface area (Å²) in [6.45, 7) is 0.734. The molecule has 0 aliphatic carbocycles. The standard InChI is InChI=1S/C33H34N2O4/c36-32(38-24-28-17-9-3-10-18-28)31(22-27-15-7-2-8-16-27)34-23-30(21-26-13-5-1-6-14-26)35-33(37)39-25-29-19-11-4-12-20-29/h1-20,30-31,34H,21-25H2,(H,35,37)/t30-,31-/m0/s1. The van der Waals surface area contributed by atoms with Gasteiger partial charge in [-0.05, 0) is 35.1 Å². The van der Waals surface area contributed by atoms with Crippen LogP contribution in [-0.4, -0.2) is 30.7 Å². The van der Waals surface area contributed by atoms with Crippen molar-refractivity contribution >= 4 is 12.1 Å². The predicted octanol–water partition coefficient (Wildman–Crippen LogP) is 5.47. The molecule has 2 N–H and O–H groups in total. The summed E-state index contributed by atoms with van der Waals surface area (Å²) in [7, 11) is 0. The van der Waals surface area contributed by atoms with Crippen molar-refractivity contribution in [2.24, 2.45) is 0 Å². The molecule has 1 amide bonds. The van der Waals surface area contributed by atoms with Gasteiger partial charge >= 0.3 is 12.1 Å². The van der Waals surface area contributed by atoms with E-state index >= 15 is 0 Å². The first kappa shape index (κ1) is 27.6. The Labute approximate surface area is 230 Å². The fraction of sp³-hybridized carbons (Fsp3) is 0.212. The van der Waals surface area contributed by atoms with E-state index in [4.69, 9.17) is 9.47 Å². The first-order valence-corrected chi connectivity index (χ1v) is 13.1. The third-order valence-corrected chi connectivity index (χ3v) is 6.26. The number of hydrogen-bond acceptors (Lipinski definition) is 5. The third kappa shape index (κ3) is 9.76. The molecule has 4 aromatic carbocycles. The molecular formula is C33H34N2O4. The zero-order valence-corrected chi connectivity index (χ0v) is 21.9. The van der Waals surface area contributed by atoms with Crippen LogP contribution in [0.2, 0.25) is 0 Å². The molecule has 0 saturated heterocycles. The summed E-state index contributed by atoms with van der Waals surface area (Å²) in [6.07, 6.45) is 0.531. The average molecular weight is 523 g/mol. The molecule has 6 nitrogen and oxygen atoms in total. The molecule has 0 saturated carbocycles. The molecule has 39 heavy (non-hydrogen) atoms. The lowest BCUT2D eigenvalue weighted by molar-refractivity contribution is -0.147. The predicted molar refractivity (Wildman–Crippen MR) is 152 cm³/mol. The Kier molecular flexibility index (Phi) is 10.7. The van der Waals surface area contributed by atoms with Crippen molar-refractivity contribution in [1.29, 1.82) is 0 Å². The highest BCUT2D eigenvalue weighted by Crippen LogP contribution is 2.09. The van der Waals surface area contributed by atoms with E-state index < -0.39 is 12.1 Å². The quantitative estimate of drug-likeness (QED) is 0.228. The third-order valence-electron chi connectivity index (χ3n) is 6.26. The largest absolute Gasteiger partial charge is 0.460 e. The van der Waals surface area contributed by atoms with E-state index in [9.17, 15) is 9.59 Å². The Morgan fingerprint density at radius 1 is 0.564 bits per heavy atom.